The second-order valence-electron chi connectivity index (χ2n) is 12.3. The van der Waals surface area contributed by atoms with Crippen LogP contribution < -0.4 is 10.1 Å². The number of aromatic nitrogens is 2. The molecule has 3 aromatic rings. The number of nitrogens with zero attached hydrogens (tertiary/aromatic N) is 2. The lowest BCUT2D eigenvalue weighted by Gasteiger charge is -2.37. The maximum Gasteiger partial charge on any atom is 0.525 e. The zero-order chi connectivity index (χ0) is 23.6. The monoisotopic (exact) mass is 428 g/mol. The van der Waals surface area contributed by atoms with Crippen LogP contribution in [0.4, 0.5) is 0 Å². The molecular weight excluding hydrogens is 391 g/mol. The van der Waals surface area contributed by atoms with Gasteiger partial charge in [-0.25, -0.2) is 4.98 Å². The van der Waals surface area contributed by atoms with E-state index in [4.69, 9.17) is 9.64 Å². The molecule has 0 atom stereocenters. The van der Waals surface area contributed by atoms with Gasteiger partial charge in [-0.3, -0.25) is 0 Å². The van der Waals surface area contributed by atoms with Crippen molar-refractivity contribution in [2.45, 2.75) is 85.5 Å². The van der Waals surface area contributed by atoms with E-state index in [1.165, 1.54) is 27.7 Å². The van der Waals surface area contributed by atoms with E-state index in [1.54, 1.807) is 0 Å². The third kappa shape index (κ3) is 3.78. The number of aryl methyl sites for hydroxylation is 1. The van der Waals surface area contributed by atoms with Gasteiger partial charge in [-0.2, -0.15) is 0 Å². The molecular formula is C28H37BN2O. The smallest absolute Gasteiger partial charge is 0.525 e. The molecule has 2 aromatic carbocycles. The normalized spacial score (nSPS) is 14.1. The lowest BCUT2D eigenvalue weighted by atomic mass is 9.59. The van der Waals surface area contributed by atoms with Gasteiger partial charge in [0.25, 0.3) is 0 Å². The Bertz CT molecular complexity index is 1130. The van der Waals surface area contributed by atoms with Gasteiger partial charge in [0, 0.05) is 12.4 Å². The largest absolute Gasteiger partial charge is 0.537 e. The van der Waals surface area contributed by atoms with Crippen molar-refractivity contribution in [1.29, 1.82) is 0 Å². The topological polar surface area (TPSA) is 27.1 Å². The van der Waals surface area contributed by atoms with E-state index in [0.717, 1.165) is 17.1 Å². The first kappa shape index (κ1) is 22.7. The van der Waals surface area contributed by atoms with Crippen LogP contribution in [0.15, 0.2) is 42.7 Å². The first-order chi connectivity index (χ1) is 14.7. The second-order valence-corrected chi connectivity index (χ2v) is 12.3. The minimum Gasteiger partial charge on any atom is -0.537 e. The molecule has 2 heterocycles. The number of imidazole rings is 1. The van der Waals surface area contributed by atoms with Crippen LogP contribution in [-0.4, -0.2) is 16.5 Å². The molecule has 0 fully saturated rings. The van der Waals surface area contributed by atoms with Crippen LogP contribution in [-0.2, 0) is 16.2 Å². The van der Waals surface area contributed by atoms with Gasteiger partial charge < -0.3 is 9.13 Å². The van der Waals surface area contributed by atoms with Crippen LogP contribution in [0.3, 0.4) is 0 Å². The molecule has 1 aliphatic heterocycles. The first-order valence-electron chi connectivity index (χ1n) is 11.7. The summed E-state index contributed by atoms with van der Waals surface area (Å²) >= 11 is 0. The van der Waals surface area contributed by atoms with Crippen LogP contribution in [0.5, 0.6) is 5.75 Å². The van der Waals surface area contributed by atoms with Crippen LogP contribution in [0.1, 0.15) is 84.6 Å². The van der Waals surface area contributed by atoms with Gasteiger partial charge in [0.1, 0.15) is 11.6 Å². The van der Waals surface area contributed by atoms with E-state index < -0.39 is 0 Å². The van der Waals surface area contributed by atoms with Crippen molar-refractivity contribution in [2.24, 2.45) is 0 Å². The molecule has 1 aliphatic rings. The Kier molecular flexibility index (Phi) is 5.15. The van der Waals surface area contributed by atoms with Gasteiger partial charge in [-0.1, -0.05) is 86.6 Å². The van der Waals surface area contributed by atoms with Crippen molar-refractivity contribution >= 4 is 12.5 Å². The van der Waals surface area contributed by atoms with Crippen LogP contribution in [0.2, 0.25) is 0 Å². The fourth-order valence-electron chi connectivity index (χ4n) is 4.69. The molecule has 0 N–H and O–H groups in total. The third-order valence-electron chi connectivity index (χ3n) is 6.53. The fourth-order valence-corrected chi connectivity index (χ4v) is 4.69. The van der Waals surface area contributed by atoms with E-state index >= 15 is 0 Å². The summed E-state index contributed by atoms with van der Waals surface area (Å²) in [6.07, 6.45) is 3.95. The lowest BCUT2D eigenvalue weighted by Crippen LogP contribution is -2.52. The third-order valence-corrected chi connectivity index (χ3v) is 6.53. The van der Waals surface area contributed by atoms with Crippen molar-refractivity contribution in [3.8, 4) is 17.1 Å². The predicted molar refractivity (Wildman–Crippen MR) is 136 cm³/mol. The van der Waals surface area contributed by atoms with Crippen molar-refractivity contribution in [3.05, 3.63) is 65.0 Å². The Hall–Kier alpha value is -2.49. The van der Waals surface area contributed by atoms with Crippen molar-refractivity contribution < 1.29 is 4.65 Å². The van der Waals surface area contributed by atoms with Gasteiger partial charge in [0.2, 0.25) is 0 Å². The molecule has 0 amide bonds. The van der Waals surface area contributed by atoms with Crippen molar-refractivity contribution in [2.75, 3.05) is 0 Å². The molecule has 0 radical (unpaired) electrons. The van der Waals surface area contributed by atoms with Gasteiger partial charge >= 0.3 is 7.05 Å². The maximum atomic E-state index is 6.80. The minimum absolute atomic E-state index is 0.0341. The van der Waals surface area contributed by atoms with Gasteiger partial charge in [-0.15, -0.1) is 0 Å². The Balaban J connectivity index is 2.06. The lowest BCUT2D eigenvalue weighted by molar-refractivity contribution is 0.535. The van der Waals surface area contributed by atoms with E-state index in [1.807, 2.05) is 6.20 Å². The van der Waals surface area contributed by atoms with Crippen LogP contribution in [0.25, 0.3) is 11.4 Å². The summed E-state index contributed by atoms with van der Waals surface area (Å²) in [5, 5.41) is 0. The molecule has 0 aliphatic carbocycles. The molecule has 3 nitrogen and oxygen atoms in total. The van der Waals surface area contributed by atoms with Gasteiger partial charge in [-0.05, 0) is 57.0 Å². The minimum atomic E-state index is -0.251. The van der Waals surface area contributed by atoms with E-state index in [0.29, 0.717) is 0 Å². The Morgan fingerprint density at radius 2 is 1.44 bits per heavy atom. The number of hydrogen-bond acceptors (Lipinski definition) is 2. The van der Waals surface area contributed by atoms with Crippen LogP contribution >= 0.6 is 0 Å². The summed E-state index contributed by atoms with van der Waals surface area (Å²) in [6.45, 7) is 22.9. The molecule has 0 saturated heterocycles. The molecule has 4 heteroatoms. The highest BCUT2D eigenvalue weighted by Gasteiger charge is 2.41. The highest BCUT2D eigenvalue weighted by molar-refractivity contribution is 6.68. The molecule has 1 aromatic heterocycles. The summed E-state index contributed by atoms with van der Waals surface area (Å²) in [7, 11) is -0.251. The predicted octanol–water partition coefficient (Wildman–Crippen LogP) is 6.39. The number of benzene rings is 2. The Morgan fingerprint density at radius 1 is 0.844 bits per heavy atom. The summed E-state index contributed by atoms with van der Waals surface area (Å²) in [6, 6.07) is 11.1. The first-order valence-corrected chi connectivity index (χ1v) is 11.7. The summed E-state index contributed by atoms with van der Waals surface area (Å²) < 4.78 is 9.02. The van der Waals surface area contributed by atoms with Gasteiger partial charge in [0.05, 0.1) is 5.56 Å². The van der Waals surface area contributed by atoms with Crippen molar-refractivity contribution in [1.82, 2.24) is 9.46 Å². The number of hydrogen-bond donors (Lipinski definition) is 0. The van der Waals surface area contributed by atoms with Crippen molar-refractivity contribution in [3.63, 3.8) is 0 Å². The Morgan fingerprint density at radius 3 is 1.97 bits per heavy atom. The fraction of sp³-hybridized carbons (Fsp3) is 0.464. The average molecular weight is 428 g/mol. The van der Waals surface area contributed by atoms with E-state index in [2.05, 4.69) is 110 Å². The van der Waals surface area contributed by atoms with Crippen LogP contribution in [0, 0.1) is 6.92 Å². The van der Waals surface area contributed by atoms with Gasteiger partial charge in [0.15, 0.2) is 0 Å². The molecule has 0 spiro atoms. The standard InChI is InChI=1S/C28H37BN2O/c1-18-12-11-13-22-23(18)25-30-14-15-31(25)29(32-22)24-20(27(5,6)7)16-19(26(2,3)4)17-21(24)28(8,9)10/h11-17H,1-10H3. The Labute approximate surface area is 194 Å². The number of fused-ring (bicyclic) bond motifs is 3. The molecule has 0 bridgehead atoms. The van der Waals surface area contributed by atoms with E-state index in [9.17, 15) is 0 Å². The zero-order valence-electron chi connectivity index (χ0n) is 21.4. The summed E-state index contributed by atoms with van der Waals surface area (Å²) in [5.74, 6) is 1.89. The SMILES string of the molecule is Cc1cccc2c1-c1nccn1B(c1c(C(C)(C)C)cc(C(C)(C)C)cc1C(C)(C)C)O2. The quantitative estimate of drug-likeness (QED) is 0.420. The highest BCUT2D eigenvalue weighted by atomic mass is 16.4. The zero-order valence-corrected chi connectivity index (χ0v) is 21.4. The number of rotatable bonds is 1. The molecule has 168 valence electrons. The molecule has 0 unspecified atom stereocenters. The highest BCUT2D eigenvalue weighted by Crippen LogP contribution is 2.39. The average Bonchev–Trinajstić information content (AvgIpc) is 3.14. The molecule has 32 heavy (non-hydrogen) atoms. The molecule has 4 rings (SSSR count). The summed E-state index contributed by atoms with van der Waals surface area (Å²) in [4.78, 5) is 4.76. The van der Waals surface area contributed by atoms with E-state index in [-0.39, 0.29) is 23.3 Å². The summed E-state index contributed by atoms with van der Waals surface area (Å²) in [5.41, 5.74) is 7.60. The molecule has 0 saturated carbocycles. The maximum absolute atomic E-state index is 6.80. The second kappa shape index (κ2) is 7.26.